The summed E-state index contributed by atoms with van der Waals surface area (Å²) in [6.07, 6.45) is 0.226. The maximum absolute atomic E-state index is 12.4. The molecule has 184 valence electrons. The summed E-state index contributed by atoms with van der Waals surface area (Å²) in [6.45, 7) is 3.86. The number of carbonyl (C=O) groups is 2. The first-order chi connectivity index (χ1) is 16.8. The van der Waals surface area contributed by atoms with Crippen LogP contribution in [0.25, 0.3) is 0 Å². The molecule has 1 heterocycles. The van der Waals surface area contributed by atoms with Crippen LogP contribution in [0, 0.1) is 10.1 Å². The van der Waals surface area contributed by atoms with E-state index in [-0.39, 0.29) is 29.6 Å². The van der Waals surface area contributed by atoms with Crippen molar-refractivity contribution in [1.82, 2.24) is 20.1 Å². The Kier molecular flexibility index (Phi) is 8.79. The van der Waals surface area contributed by atoms with Crippen LogP contribution in [0.4, 0.5) is 11.4 Å². The zero-order chi connectivity index (χ0) is 25.4. The van der Waals surface area contributed by atoms with Gasteiger partial charge in [-0.05, 0) is 37.1 Å². The zero-order valence-electron chi connectivity index (χ0n) is 19.6. The number of nitro benzene ring substituents is 1. The molecular weight excluding hydrogens is 472 g/mol. The number of aryl methyl sites for hydroxylation is 1. The maximum Gasteiger partial charge on any atom is 0.292 e. The molecule has 3 rings (SSSR count). The van der Waals surface area contributed by atoms with Crippen LogP contribution in [0.2, 0.25) is 0 Å². The van der Waals surface area contributed by atoms with Crippen LogP contribution in [-0.2, 0) is 29.6 Å². The van der Waals surface area contributed by atoms with Gasteiger partial charge in [-0.15, -0.1) is 10.2 Å². The number of rotatable bonds is 11. The van der Waals surface area contributed by atoms with Crippen molar-refractivity contribution in [3.05, 3.63) is 70.0 Å². The first kappa shape index (κ1) is 25.7. The van der Waals surface area contributed by atoms with Crippen molar-refractivity contribution in [1.29, 1.82) is 0 Å². The number of anilines is 1. The largest absolute Gasteiger partial charge is 0.481 e. The van der Waals surface area contributed by atoms with Gasteiger partial charge in [-0.3, -0.25) is 19.7 Å². The number of carbonyl (C=O) groups excluding carboxylic acids is 2. The topological polar surface area (TPSA) is 141 Å². The minimum atomic E-state index is -0.699. The van der Waals surface area contributed by atoms with Crippen molar-refractivity contribution in [2.75, 3.05) is 11.1 Å². The molecule has 2 amide bonds. The van der Waals surface area contributed by atoms with Crippen LogP contribution >= 0.6 is 11.8 Å². The molecule has 2 N–H and O–H groups in total. The van der Waals surface area contributed by atoms with E-state index in [1.165, 1.54) is 23.8 Å². The van der Waals surface area contributed by atoms with Crippen molar-refractivity contribution in [3.8, 4) is 5.75 Å². The second-order valence-corrected chi connectivity index (χ2v) is 8.49. The summed E-state index contributed by atoms with van der Waals surface area (Å²) in [5, 5.41) is 25.0. The van der Waals surface area contributed by atoms with E-state index in [0.717, 1.165) is 18.2 Å². The van der Waals surface area contributed by atoms with E-state index >= 15 is 0 Å². The highest BCUT2D eigenvalue weighted by atomic mass is 32.2. The fourth-order valence-corrected chi connectivity index (χ4v) is 3.78. The van der Waals surface area contributed by atoms with Gasteiger partial charge in [-0.25, -0.2) is 0 Å². The average Bonchev–Trinajstić information content (AvgIpc) is 3.20. The molecule has 0 fully saturated rings. The Labute approximate surface area is 206 Å². The molecule has 11 nitrogen and oxygen atoms in total. The fourth-order valence-electron chi connectivity index (χ4n) is 3.05. The number of hydrogen-bond donors (Lipinski definition) is 2. The molecule has 0 saturated carbocycles. The summed E-state index contributed by atoms with van der Waals surface area (Å²) in [6, 6.07) is 13.5. The first-order valence-corrected chi connectivity index (χ1v) is 11.8. The average molecular weight is 499 g/mol. The Morgan fingerprint density at radius 1 is 1.17 bits per heavy atom. The molecule has 0 bridgehead atoms. The van der Waals surface area contributed by atoms with E-state index in [1.807, 2.05) is 24.3 Å². The molecule has 0 aliphatic carbocycles. The van der Waals surface area contributed by atoms with Crippen LogP contribution in [0.3, 0.4) is 0 Å². The molecule has 0 saturated heterocycles. The Hall–Kier alpha value is -3.93. The third-order valence-corrected chi connectivity index (χ3v) is 6.09. The summed E-state index contributed by atoms with van der Waals surface area (Å²) in [5.74, 6) is 0.373. The second-order valence-electron chi connectivity index (χ2n) is 7.54. The SMILES string of the molecule is CCc1ccc(O[C@@H](C)C(=O)NCc2nnc(SCC(=O)Nc3ccccc3[N+](=O)[O-])n2C)cc1. The lowest BCUT2D eigenvalue weighted by atomic mass is 10.2. The lowest BCUT2D eigenvalue weighted by Gasteiger charge is -2.15. The lowest BCUT2D eigenvalue weighted by molar-refractivity contribution is -0.383. The number of nitro groups is 1. The normalized spacial score (nSPS) is 11.5. The number of amides is 2. The number of ether oxygens (including phenoxy) is 1. The summed E-state index contributed by atoms with van der Waals surface area (Å²) in [5.41, 5.74) is 1.13. The van der Waals surface area contributed by atoms with Gasteiger partial charge in [0.2, 0.25) is 5.91 Å². The third-order valence-electron chi connectivity index (χ3n) is 5.07. The van der Waals surface area contributed by atoms with Crippen LogP contribution in [0.15, 0.2) is 53.7 Å². The first-order valence-electron chi connectivity index (χ1n) is 10.9. The molecule has 0 unspecified atom stereocenters. The van der Waals surface area contributed by atoms with Crippen LogP contribution < -0.4 is 15.4 Å². The van der Waals surface area contributed by atoms with Crippen molar-refractivity contribution >= 4 is 35.0 Å². The minimum Gasteiger partial charge on any atom is -0.481 e. The van der Waals surface area contributed by atoms with E-state index in [9.17, 15) is 19.7 Å². The Morgan fingerprint density at radius 2 is 1.89 bits per heavy atom. The predicted octanol–water partition coefficient (Wildman–Crippen LogP) is 3.10. The van der Waals surface area contributed by atoms with E-state index in [1.54, 1.807) is 24.6 Å². The molecule has 0 aliphatic rings. The highest BCUT2D eigenvalue weighted by Gasteiger charge is 2.18. The summed E-state index contributed by atoms with van der Waals surface area (Å²) in [7, 11) is 1.72. The number of benzene rings is 2. The summed E-state index contributed by atoms with van der Waals surface area (Å²) < 4.78 is 7.36. The van der Waals surface area contributed by atoms with Gasteiger partial charge in [0, 0.05) is 13.1 Å². The van der Waals surface area contributed by atoms with Gasteiger partial charge in [0.05, 0.1) is 17.2 Å². The van der Waals surface area contributed by atoms with Gasteiger partial charge in [0.25, 0.3) is 11.6 Å². The molecular formula is C23H26N6O5S. The van der Waals surface area contributed by atoms with E-state index in [2.05, 4.69) is 27.8 Å². The number of hydrogen-bond acceptors (Lipinski definition) is 8. The van der Waals surface area contributed by atoms with Gasteiger partial charge in [-0.2, -0.15) is 0 Å². The number of aromatic nitrogens is 3. The van der Waals surface area contributed by atoms with E-state index in [0.29, 0.717) is 16.7 Å². The number of nitrogens with one attached hydrogen (secondary N) is 2. The monoisotopic (exact) mass is 498 g/mol. The number of nitrogens with zero attached hydrogens (tertiary/aromatic N) is 4. The van der Waals surface area contributed by atoms with Crippen molar-refractivity contribution < 1.29 is 19.2 Å². The molecule has 0 radical (unpaired) electrons. The minimum absolute atomic E-state index is 0.0217. The van der Waals surface area contributed by atoms with Crippen LogP contribution in [-0.4, -0.2) is 43.4 Å². The molecule has 1 atom stereocenters. The molecule has 1 aromatic heterocycles. The molecule has 2 aromatic carbocycles. The smallest absolute Gasteiger partial charge is 0.292 e. The van der Waals surface area contributed by atoms with Crippen molar-refractivity contribution in [3.63, 3.8) is 0 Å². The Balaban J connectivity index is 1.49. The molecule has 3 aromatic rings. The Bertz CT molecular complexity index is 1200. The fraction of sp³-hybridized carbons (Fsp3) is 0.304. The number of thioether (sulfide) groups is 1. The van der Waals surface area contributed by atoms with E-state index in [4.69, 9.17) is 4.74 Å². The molecule has 0 aliphatic heterocycles. The highest BCUT2D eigenvalue weighted by molar-refractivity contribution is 7.99. The van der Waals surface area contributed by atoms with E-state index < -0.39 is 16.9 Å². The predicted molar refractivity (Wildman–Crippen MR) is 131 cm³/mol. The lowest BCUT2D eigenvalue weighted by Crippen LogP contribution is -2.36. The second kappa shape index (κ2) is 12.0. The quantitative estimate of drug-likeness (QED) is 0.233. The molecule has 35 heavy (non-hydrogen) atoms. The zero-order valence-corrected chi connectivity index (χ0v) is 20.4. The van der Waals surface area contributed by atoms with Gasteiger partial charge < -0.3 is 19.9 Å². The van der Waals surface area contributed by atoms with Gasteiger partial charge in [-0.1, -0.05) is 43.0 Å². The molecule has 12 heteroatoms. The summed E-state index contributed by atoms with van der Waals surface area (Å²) in [4.78, 5) is 35.2. The Morgan fingerprint density at radius 3 is 2.57 bits per heavy atom. The van der Waals surface area contributed by atoms with Crippen molar-refractivity contribution in [2.45, 2.75) is 38.1 Å². The van der Waals surface area contributed by atoms with Gasteiger partial charge in [0.15, 0.2) is 17.1 Å². The third kappa shape index (κ3) is 7.03. The van der Waals surface area contributed by atoms with Gasteiger partial charge >= 0.3 is 0 Å². The van der Waals surface area contributed by atoms with Crippen LogP contribution in [0.1, 0.15) is 25.2 Å². The van der Waals surface area contributed by atoms with Crippen molar-refractivity contribution in [2.24, 2.45) is 7.05 Å². The van der Waals surface area contributed by atoms with Crippen LogP contribution in [0.5, 0.6) is 5.75 Å². The summed E-state index contributed by atoms with van der Waals surface area (Å²) >= 11 is 1.12. The molecule has 0 spiro atoms. The standard InChI is InChI=1S/C23H26N6O5S/c1-4-16-9-11-17(12-10-16)34-15(2)22(31)24-13-20-26-27-23(28(20)3)35-14-21(30)25-18-7-5-6-8-19(18)29(32)33/h5-12,15H,4,13-14H2,1-3H3,(H,24,31)(H,25,30)/t15-/m0/s1. The maximum atomic E-state index is 12.4. The van der Waals surface area contributed by atoms with Gasteiger partial charge in [0.1, 0.15) is 11.4 Å². The highest BCUT2D eigenvalue weighted by Crippen LogP contribution is 2.24. The number of para-hydroxylation sites is 2.